The number of fused-ring (bicyclic) bond motifs is 1. The molecule has 2 aromatic heterocycles. The van der Waals surface area contributed by atoms with Crippen LogP contribution >= 0.6 is 11.3 Å². The van der Waals surface area contributed by atoms with Crippen molar-refractivity contribution in [1.82, 2.24) is 9.97 Å². The molecule has 1 N–H and O–H groups in total. The maximum atomic E-state index is 4.65. The molecule has 0 spiro atoms. The summed E-state index contributed by atoms with van der Waals surface area (Å²) in [5.74, 6) is 1.01. The zero-order valence-corrected chi connectivity index (χ0v) is 16.5. The molecule has 3 aromatic rings. The van der Waals surface area contributed by atoms with Crippen LogP contribution in [0.1, 0.15) is 56.1 Å². The molecule has 3 nitrogen and oxygen atoms in total. The summed E-state index contributed by atoms with van der Waals surface area (Å²) in [6.45, 7) is 4.34. The summed E-state index contributed by atoms with van der Waals surface area (Å²) < 4.78 is 0. The average molecular weight is 366 g/mol. The number of hydrogen-bond acceptors (Lipinski definition) is 4. The first-order chi connectivity index (χ1) is 12.7. The first-order valence-corrected chi connectivity index (χ1v) is 10.7. The van der Waals surface area contributed by atoms with E-state index < -0.39 is 0 Å². The van der Waals surface area contributed by atoms with E-state index in [-0.39, 0.29) is 0 Å². The molecule has 0 unspecified atom stereocenters. The van der Waals surface area contributed by atoms with E-state index >= 15 is 0 Å². The second-order valence-electron chi connectivity index (χ2n) is 7.56. The molecule has 0 atom stereocenters. The quantitative estimate of drug-likeness (QED) is 0.575. The van der Waals surface area contributed by atoms with Crippen molar-refractivity contribution in [2.45, 2.75) is 64.8 Å². The van der Waals surface area contributed by atoms with E-state index in [2.05, 4.69) is 52.7 Å². The largest absolute Gasteiger partial charge is 0.367 e. The summed E-state index contributed by atoms with van der Waals surface area (Å²) in [6, 6.07) is 7.21. The Labute approximate surface area is 159 Å². The second kappa shape index (κ2) is 7.75. The molecular weight excluding hydrogens is 338 g/mol. The van der Waals surface area contributed by atoms with Gasteiger partial charge < -0.3 is 5.32 Å². The molecule has 26 heavy (non-hydrogen) atoms. The normalized spacial score (nSPS) is 16.4. The van der Waals surface area contributed by atoms with Crippen molar-refractivity contribution in [3.63, 3.8) is 0 Å². The fourth-order valence-corrected chi connectivity index (χ4v) is 5.00. The molecule has 0 radical (unpaired) electrons. The zero-order chi connectivity index (χ0) is 17.9. The molecule has 1 aliphatic rings. The average Bonchev–Trinajstić information content (AvgIpc) is 3.02. The second-order valence-corrected chi connectivity index (χ2v) is 8.41. The zero-order valence-electron chi connectivity index (χ0n) is 15.7. The predicted octanol–water partition coefficient (Wildman–Crippen LogP) is 6.50. The van der Waals surface area contributed by atoms with Gasteiger partial charge in [-0.1, -0.05) is 55.9 Å². The van der Waals surface area contributed by atoms with Gasteiger partial charge in [-0.3, -0.25) is 0 Å². The van der Waals surface area contributed by atoms with E-state index in [0.717, 1.165) is 10.6 Å². The Balaban J connectivity index is 1.72. The smallest absolute Gasteiger partial charge is 0.139 e. The fraction of sp³-hybridized carbons (Fsp3) is 0.455. The Morgan fingerprint density at radius 2 is 1.73 bits per heavy atom. The molecule has 1 fully saturated rings. The van der Waals surface area contributed by atoms with E-state index in [4.69, 9.17) is 0 Å². The highest BCUT2D eigenvalue weighted by Gasteiger charge is 2.18. The van der Waals surface area contributed by atoms with Crippen molar-refractivity contribution < 1.29 is 0 Å². The summed E-state index contributed by atoms with van der Waals surface area (Å²) in [4.78, 5) is 10.2. The summed E-state index contributed by atoms with van der Waals surface area (Å²) in [5.41, 5.74) is 5.16. The van der Waals surface area contributed by atoms with E-state index in [1.165, 1.54) is 72.6 Å². The highest BCUT2D eigenvalue weighted by Crippen LogP contribution is 2.38. The summed E-state index contributed by atoms with van der Waals surface area (Å²) in [5, 5.41) is 7.20. The molecule has 0 amide bonds. The van der Waals surface area contributed by atoms with Crippen molar-refractivity contribution in [3.05, 3.63) is 41.0 Å². The lowest BCUT2D eigenvalue weighted by molar-refractivity contribution is 0.471. The van der Waals surface area contributed by atoms with Crippen LogP contribution in [0.3, 0.4) is 0 Å². The molecule has 1 aliphatic carbocycles. The van der Waals surface area contributed by atoms with Crippen LogP contribution in [0.2, 0.25) is 0 Å². The minimum absolute atomic E-state index is 0.528. The lowest BCUT2D eigenvalue weighted by atomic mass is 9.96. The predicted molar refractivity (Wildman–Crippen MR) is 112 cm³/mol. The first kappa shape index (κ1) is 17.5. The lowest BCUT2D eigenvalue weighted by Crippen LogP contribution is -2.21. The third kappa shape index (κ3) is 3.61. The molecule has 0 aliphatic heterocycles. The van der Waals surface area contributed by atoms with Crippen molar-refractivity contribution in [3.8, 4) is 11.1 Å². The summed E-state index contributed by atoms with van der Waals surface area (Å²) >= 11 is 1.71. The highest BCUT2D eigenvalue weighted by molar-refractivity contribution is 7.17. The van der Waals surface area contributed by atoms with E-state index in [1.807, 2.05) is 0 Å². The Kier molecular flexibility index (Phi) is 5.21. The van der Waals surface area contributed by atoms with Crippen LogP contribution in [0.5, 0.6) is 0 Å². The van der Waals surface area contributed by atoms with Crippen LogP contribution in [0.25, 0.3) is 21.3 Å². The minimum atomic E-state index is 0.528. The Bertz CT molecular complexity index is 892. The number of aromatic nitrogens is 2. The van der Waals surface area contributed by atoms with Gasteiger partial charge in [-0.05, 0) is 37.8 Å². The number of benzene rings is 1. The number of anilines is 1. The van der Waals surface area contributed by atoms with Gasteiger partial charge in [-0.2, -0.15) is 0 Å². The van der Waals surface area contributed by atoms with Crippen LogP contribution < -0.4 is 5.32 Å². The minimum Gasteiger partial charge on any atom is -0.367 e. The molecule has 1 aromatic carbocycles. The molecule has 0 bridgehead atoms. The number of nitrogens with zero attached hydrogens (tertiary/aromatic N) is 2. The molecule has 4 rings (SSSR count). The molecule has 0 saturated heterocycles. The topological polar surface area (TPSA) is 37.8 Å². The highest BCUT2D eigenvalue weighted by atomic mass is 32.1. The number of hydrogen-bond donors (Lipinski definition) is 1. The van der Waals surface area contributed by atoms with Gasteiger partial charge in [0.15, 0.2) is 0 Å². The van der Waals surface area contributed by atoms with Crippen LogP contribution in [-0.2, 0) is 0 Å². The third-order valence-corrected chi connectivity index (χ3v) is 6.37. The molecule has 4 heteroatoms. The maximum absolute atomic E-state index is 4.65. The van der Waals surface area contributed by atoms with Gasteiger partial charge in [0.2, 0.25) is 0 Å². The van der Waals surface area contributed by atoms with Crippen LogP contribution in [0.15, 0.2) is 29.9 Å². The Morgan fingerprint density at radius 1 is 0.962 bits per heavy atom. The standard InChI is InChI=1S/C22H27N3S/c1-15-10-11-18(16(2)12-15)19-13-26-22-20(19)21(23-14-24-22)25-17-8-6-4-3-5-7-9-17/h10-14,17H,3-9H2,1-2H3,(H,23,24,25). The van der Waals surface area contributed by atoms with Gasteiger partial charge in [0.05, 0.1) is 5.39 Å². The summed E-state index contributed by atoms with van der Waals surface area (Å²) in [6.07, 6.45) is 11.0. The molecular formula is C22H27N3S. The fourth-order valence-electron chi connectivity index (χ4n) is 4.09. The summed E-state index contributed by atoms with van der Waals surface area (Å²) in [7, 11) is 0. The van der Waals surface area contributed by atoms with Crippen molar-refractivity contribution in [1.29, 1.82) is 0 Å². The van der Waals surface area contributed by atoms with Gasteiger partial charge >= 0.3 is 0 Å². The number of aryl methyl sites for hydroxylation is 2. The van der Waals surface area contributed by atoms with E-state index in [9.17, 15) is 0 Å². The van der Waals surface area contributed by atoms with Crippen LogP contribution in [0, 0.1) is 13.8 Å². The number of thiophene rings is 1. The lowest BCUT2D eigenvalue weighted by Gasteiger charge is -2.22. The van der Waals surface area contributed by atoms with Gasteiger partial charge in [0, 0.05) is 17.0 Å². The van der Waals surface area contributed by atoms with E-state index in [1.54, 1.807) is 17.7 Å². The molecule has 1 saturated carbocycles. The number of nitrogens with one attached hydrogen (secondary N) is 1. The molecule has 2 heterocycles. The van der Waals surface area contributed by atoms with Crippen molar-refractivity contribution >= 4 is 27.4 Å². The van der Waals surface area contributed by atoms with E-state index in [0.29, 0.717) is 6.04 Å². The van der Waals surface area contributed by atoms with Crippen molar-refractivity contribution in [2.75, 3.05) is 5.32 Å². The third-order valence-electron chi connectivity index (χ3n) is 5.49. The van der Waals surface area contributed by atoms with Gasteiger partial charge in [-0.25, -0.2) is 9.97 Å². The number of rotatable bonds is 3. The molecule has 136 valence electrons. The van der Waals surface area contributed by atoms with Crippen LogP contribution in [-0.4, -0.2) is 16.0 Å². The van der Waals surface area contributed by atoms with Gasteiger partial charge in [-0.15, -0.1) is 11.3 Å². The monoisotopic (exact) mass is 365 g/mol. The Morgan fingerprint density at radius 3 is 2.50 bits per heavy atom. The SMILES string of the molecule is Cc1ccc(-c2csc3ncnc(NC4CCCCCCC4)c23)c(C)c1. The van der Waals surface area contributed by atoms with Gasteiger partial charge in [0.1, 0.15) is 17.0 Å². The Hall–Kier alpha value is -1.94. The first-order valence-electron chi connectivity index (χ1n) is 9.79. The maximum Gasteiger partial charge on any atom is 0.139 e. The van der Waals surface area contributed by atoms with Crippen molar-refractivity contribution in [2.24, 2.45) is 0 Å². The van der Waals surface area contributed by atoms with Crippen LogP contribution in [0.4, 0.5) is 5.82 Å². The van der Waals surface area contributed by atoms with Gasteiger partial charge in [0.25, 0.3) is 0 Å².